The molecule has 3 aliphatic rings. The first-order chi connectivity index (χ1) is 14.4. The van der Waals surface area contributed by atoms with Gasteiger partial charge in [0.1, 0.15) is 11.9 Å². The fourth-order valence-corrected chi connectivity index (χ4v) is 5.71. The van der Waals surface area contributed by atoms with E-state index >= 15 is 0 Å². The summed E-state index contributed by atoms with van der Waals surface area (Å²) in [6.07, 6.45) is 6.10. The number of amides is 1. The monoisotopic (exact) mass is 414 g/mol. The Labute approximate surface area is 179 Å². The number of likely N-dealkylation sites (N-methyl/N-ethyl adjacent to an activating group) is 1. The summed E-state index contributed by atoms with van der Waals surface area (Å²) >= 11 is 0. The van der Waals surface area contributed by atoms with Crippen molar-refractivity contribution in [1.29, 1.82) is 0 Å². The SMILES string of the molecule is COc1ccc(C2(C(=O)N3CCC4(CC3)CC(CN(C)C)OC4=O)CCCC2)cc1. The molecule has 1 spiro atoms. The van der Waals surface area contributed by atoms with Crippen LogP contribution in [0.3, 0.4) is 0 Å². The standard InChI is InChI=1S/C24H34N2O4/c1-25(2)17-20-16-23(22(28)30-20)12-14-26(15-13-23)21(27)24(10-4-5-11-24)18-6-8-19(29-3)9-7-18/h6-9,20H,4-5,10-17H2,1-3H3. The Bertz CT molecular complexity index is 775. The van der Waals surface area contributed by atoms with E-state index in [0.29, 0.717) is 25.9 Å². The maximum atomic E-state index is 13.7. The number of hydrogen-bond donors (Lipinski definition) is 0. The number of ether oxygens (including phenoxy) is 2. The molecule has 0 N–H and O–H groups in total. The van der Waals surface area contributed by atoms with Crippen LogP contribution in [0.1, 0.15) is 50.5 Å². The van der Waals surface area contributed by atoms with Crippen LogP contribution >= 0.6 is 0 Å². The Kier molecular flexibility index (Phi) is 5.80. The van der Waals surface area contributed by atoms with Gasteiger partial charge in [0.05, 0.1) is 17.9 Å². The van der Waals surface area contributed by atoms with Gasteiger partial charge < -0.3 is 19.3 Å². The van der Waals surface area contributed by atoms with E-state index in [9.17, 15) is 9.59 Å². The van der Waals surface area contributed by atoms with E-state index < -0.39 is 10.8 Å². The molecule has 6 nitrogen and oxygen atoms in total. The van der Waals surface area contributed by atoms with Gasteiger partial charge in [-0.1, -0.05) is 25.0 Å². The van der Waals surface area contributed by atoms with Gasteiger partial charge >= 0.3 is 5.97 Å². The second kappa shape index (κ2) is 8.22. The maximum Gasteiger partial charge on any atom is 0.312 e. The fourth-order valence-electron chi connectivity index (χ4n) is 5.71. The molecule has 164 valence electrons. The molecule has 1 unspecified atom stereocenters. The van der Waals surface area contributed by atoms with E-state index in [0.717, 1.165) is 50.0 Å². The Hall–Kier alpha value is -2.08. The highest BCUT2D eigenvalue weighted by Crippen LogP contribution is 2.47. The fraction of sp³-hybridized carbons (Fsp3) is 0.667. The third-order valence-electron chi connectivity index (χ3n) is 7.41. The zero-order valence-electron chi connectivity index (χ0n) is 18.5. The van der Waals surface area contributed by atoms with Crippen LogP contribution in [-0.2, 0) is 19.7 Å². The molecule has 1 amide bonds. The Morgan fingerprint density at radius 2 is 1.77 bits per heavy atom. The average molecular weight is 415 g/mol. The van der Waals surface area contributed by atoms with E-state index in [-0.39, 0.29) is 18.0 Å². The largest absolute Gasteiger partial charge is 0.497 e. The molecule has 1 atom stereocenters. The van der Waals surface area contributed by atoms with Crippen LogP contribution in [0, 0.1) is 5.41 Å². The molecule has 1 aromatic carbocycles. The number of cyclic esters (lactones) is 1. The molecule has 2 heterocycles. The molecule has 1 aromatic rings. The van der Waals surface area contributed by atoms with Gasteiger partial charge in [-0.05, 0) is 57.5 Å². The molecular weight excluding hydrogens is 380 g/mol. The minimum absolute atomic E-state index is 0.0322. The molecule has 2 saturated heterocycles. The van der Waals surface area contributed by atoms with E-state index in [1.807, 2.05) is 43.3 Å². The smallest absolute Gasteiger partial charge is 0.312 e. The third-order valence-corrected chi connectivity index (χ3v) is 7.41. The molecule has 4 rings (SSSR count). The number of nitrogens with zero attached hydrogens (tertiary/aromatic N) is 2. The van der Waals surface area contributed by atoms with Crippen LogP contribution in [0.25, 0.3) is 0 Å². The molecule has 30 heavy (non-hydrogen) atoms. The summed E-state index contributed by atoms with van der Waals surface area (Å²) in [6, 6.07) is 8.00. The van der Waals surface area contributed by atoms with Crippen LogP contribution in [0.5, 0.6) is 5.75 Å². The summed E-state index contributed by atoms with van der Waals surface area (Å²) in [5.74, 6) is 0.981. The van der Waals surface area contributed by atoms with E-state index in [4.69, 9.17) is 9.47 Å². The molecule has 1 aliphatic carbocycles. The Balaban J connectivity index is 1.47. The minimum Gasteiger partial charge on any atom is -0.497 e. The number of rotatable bonds is 5. The topological polar surface area (TPSA) is 59.1 Å². The van der Waals surface area contributed by atoms with Crippen molar-refractivity contribution in [2.24, 2.45) is 5.41 Å². The summed E-state index contributed by atoms with van der Waals surface area (Å²) < 4.78 is 11.0. The molecule has 0 bridgehead atoms. The lowest BCUT2D eigenvalue weighted by atomic mass is 9.73. The van der Waals surface area contributed by atoms with Gasteiger partial charge in [0, 0.05) is 26.1 Å². The van der Waals surface area contributed by atoms with Crippen molar-refractivity contribution in [2.75, 3.05) is 40.8 Å². The lowest BCUT2D eigenvalue weighted by Crippen LogP contribution is -2.51. The zero-order chi connectivity index (χ0) is 21.4. The van der Waals surface area contributed by atoms with Gasteiger partial charge in [-0.2, -0.15) is 0 Å². The van der Waals surface area contributed by atoms with Gasteiger partial charge in [-0.15, -0.1) is 0 Å². The summed E-state index contributed by atoms with van der Waals surface area (Å²) in [4.78, 5) is 30.5. The van der Waals surface area contributed by atoms with E-state index in [2.05, 4.69) is 4.90 Å². The number of methoxy groups -OCH3 is 1. The summed E-state index contributed by atoms with van der Waals surface area (Å²) in [5, 5.41) is 0. The number of esters is 1. The van der Waals surface area contributed by atoms with Crippen molar-refractivity contribution in [2.45, 2.75) is 56.5 Å². The van der Waals surface area contributed by atoms with Crippen molar-refractivity contribution in [3.05, 3.63) is 29.8 Å². The number of carbonyl (C=O) groups is 2. The van der Waals surface area contributed by atoms with Crippen LogP contribution < -0.4 is 4.74 Å². The minimum atomic E-state index is -0.430. The van der Waals surface area contributed by atoms with Crippen molar-refractivity contribution in [1.82, 2.24) is 9.80 Å². The van der Waals surface area contributed by atoms with Gasteiger partial charge in [-0.3, -0.25) is 9.59 Å². The number of piperidine rings is 1. The lowest BCUT2D eigenvalue weighted by molar-refractivity contribution is -0.153. The average Bonchev–Trinajstić information content (AvgIpc) is 3.34. The predicted octanol–water partition coefficient (Wildman–Crippen LogP) is 2.99. The molecule has 3 fully saturated rings. The predicted molar refractivity (Wildman–Crippen MR) is 114 cm³/mol. The molecule has 0 radical (unpaired) electrons. The molecule has 1 saturated carbocycles. The van der Waals surface area contributed by atoms with Crippen molar-refractivity contribution in [3.63, 3.8) is 0 Å². The first kappa shape index (κ1) is 21.2. The quantitative estimate of drug-likeness (QED) is 0.694. The Morgan fingerprint density at radius 1 is 1.13 bits per heavy atom. The van der Waals surface area contributed by atoms with Crippen molar-refractivity contribution in [3.8, 4) is 5.75 Å². The maximum absolute atomic E-state index is 13.7. The van der Waals surface area contributed by atoms with Crippen LogP contribution in [0.4, 0.5) is 0 Å². The van der Waals surface area contributed by atoms with Gasteiger partial charge in [-0.25, -0.2) is 0 Å². The van der Waals surface area contributed by atoms with E-state index in [1.54, 1.807) is 7.11 Å². The Morgan fingerprint density at radius 3 is 2.33 bits per heavy atom. The van der Waals surface area contributed by atoms with Crippen LogP contribution in [0.2, 0.25) is 0 Å². The highest BCUT2D eigenvalue weighted by molar-refractivity contribution is 5.89. The number of carbonyl (C=O) groups excluding carboxylic acids is 2. The second-order valence-electron chi connectivity index (χ2n) is 9.58. The second-order valence-corrected chi connectivity index (χ2v) is 9.58. The van der Waals surface area contributed by atoms with Gasteiger partial charge in [0.2, 0.25) is 5.91 Å². The molecule has 0 aromatic heterocycles. The van der Waals surface area contributed by atoms with Gasteiger partial charge in [0.15, 0.2) is 0 Å². The number of benzene rings is 1. The number of hydrogen-bond acceptors (Lipinski definition) is 5. The summed E-state index contributed by atoms with van der Waals surface area (Å²) in [7, 11) is 5.66. The first-order valence-corrected chi connectivity index (χ1v) is 11.2. The normalized spacial score (nSPS) is 25.0. The first-order valence-electron chi connectivity index (χ1n) is 11.2. The van der Waals surface area contributed by atoms with Crippen molar-refractivity contribution < 1.29 is 19.1 Å². The number of likely N-dealkylation sites (tertiary alicyclic amines) is 1. The van der Waals surface area contributed by atoms with Crippen LogP contribution in [0.15, 0.2) is 24.3 Å². The molecule has 2 aliphatic heterocycles. The molecule has 6 heteroatoms. The highest BCUT2D eigenvalue weighted by atomic mass is 16.6. The highest BCUT2D eigenvalue weighted by Gasteiger charge is 2.53. The van der Waals surface area contributed by atoms with Crippen molar-refractivity contribution >= 4 is 11.9 Å². The van der Waals surface area contributed by atoms with Crippen LogP contribution in [-0.4, -0.2) is 68.6 Å². The lowest BCUT2D eigenvalue weighted by Gasteiger charge is -2.41. The van der Waals surface area contributed by atoms with E-state index in [1.165, 1.54) is 0 Å². The molecular formula is C24H34N2O4. The third kappa shape index (κ3) is 3.70. The summed E-state index contributed by atoms with van der Waals surface area (Å²) in [5.41, 5.74) is 0.262. The van der Waals surface area contributed by atoms with Gasteiger partial charge in [0.25, 0.3) is 0 Å². The summed E-state index contributed by atoms with van der Waals surface area (Å²) in [6.45, 7) is 2.04. The zero-order valence-corrected chi connectivity index (χ0v) is 18.5.